The van der Waals surface area contributed by atoms with Gasteiger partial charge in [-0.15, -0.1) is 0 Å². The van der Waals surface area contributed by atoms with Crippen molar-refractivity contribution in [3.63, 3.8) is 0 Å². The van der Waals surface area contributed by atoms with Gasteiger partial charge in [-0.25, -0.2) is 9.97 Å². The SMILES string of the molecule is CCN1CCN(c2ncnc(NCc3ccco3)c2N)CC1. The average Bonchev–Trinajstić information content (AvgIpc) is 3.07. The topological polar surface area (TPSA) is 83.5 Å². The molecule has 3 rings (SSSR count). The molecule has 0 saturated carbocycles. The quantitative estimate of drug-likeness (QED) is 0.864. The molecule has 0 bridgehead atoms. The minimum absolute atomic E-state index is 0.553. The monoisotopic (exact) mass is 302 g/mol. The zero-order chi connectivity index (χ0) is 15.4. The highest BCUT2D eigenvalue weighted by Crippen LogP contribution is 2.27. The first kappa shape index (κ1) is 14.6. The van der Waals surface area contributed by atoms with Crippen LogP contribution in [0.1, 0.15) is 12.7 Å². The maximum Gasteiger partial charge on any atom is 0.157 e. The van der Waals surface area contributed by atoms with Gasteiger partial charge in [-0.1, -0.05) is 6.92 Å². The van der Waals surface area contributed by atoms with Gasteiger partial charge in [0, 0.05) is 26.2 Å². The Hall–Kier alpha value is -2.28. The number of rotatable bonds is 5. The van der Waals surface area contributed by atoms with Crippen LogP contribution in [0.25, 0.3) is 0 Å². The molecule has 1 aliphatic rings. The molecule has 1 fully saturated rings. The molecular formula is C15H22N6O. The number of nitrogens with two attached hydrogens (primary N) is 1. The smallest absolute Gasteiger partial charge is 0.157 e. The summed E-state index contributed by atoms with van der Waals surface area (Å²) in [5, 5.41) is 3.21. The van der Waals surface area contributed by atoms with Gasteiger partial charge in [-0.05, 0) is 18.7 Å². The first-order valence-electron chi connectivity index (χ1n) is 7.62. The van der Waals surface area contributed by atoms with Crippen molar-refractivity contribution in [1.82, 2.24) is 14.9 Å². The zero-order valence-corrected chi connectivity index (χ0v) is 12.8. The van der Waals surface area contributed by atoms with E-state index in [4.69, 9.17) is 10.2 Å². The molecule has 3 heterocycles. The Morgan fingerprint density at radius 3 is 2.77 bits per heavy atom. The lowest BCUT2D eigenvalue weighted by Crippen LogP contribution is -2.46. The van der Waals surface area contributed by atoms with Crippen LogP contribution in [-0.2, 0) is 6.54 Å². The molecule has 22 heavy (non-hydrogen) atoms. The first-order valence-corrected chi connectivity index (χ1v) is 7.62. The van der Waals surface area contributed by atoms with Gasteiger partial charge >= 0.3 is 0 Å². The molecule has 0 aromatic carbocycles. The molecule has 0 aliphatic carbocycles. The van der Waals surface area contributed by atoms with Crippen LogP contribution in [-0.4, -0.2) is 47.6 Å². The van der Waals surface area contributed by atoms with Gasteiger partial charge in [0.2, 0.25) is 0 Å². The predicted octanol–water partition coefficient (Wildman–Crippen LogP) is 1.41. The highest BCUT2D eigenvalue weighted by atomic mass is 16.3. The van der Waals surface area contributed by atoms with Crippen molar-refractivity contribution in [2.75, 3.05) is 48.7 Å². The fourth-order valence-corrected chi connectivity index (χ4v) is 2.64. The van der Waals surface area contributed by atoms with Crippen molar-refractivity contribution >= 4 is 17.3 Å². The molecule has 1 aliphatic heterocycles. The van der Waals surface area contributed by atoms with E-state index in [1.54, 1.807) is 12.6 Å². The Kier molecular flexibility index (Phi) is 4.43. The number of nitrogens with one attached hydrogen (secondary N) is 1. The Morgan fingerprint density at radius 1 is 1.27 bits per heavy atom. The highest BCUT2D eigenvalue weighted by molar-refractivity contribution is 5.74. The van der Waals surface area contributed by atoms with Crippen molar-refractivity contribution in [2.45, 2.75) is 13.5 Å². The van der Waals surface area contributed by atoms with Crippen LogP contribution in [0.3, 0.4) is 0 Å². The third-order valence-electron chi connectivity index (χ3n) is 3.99. The summed E-state index contributed by atoms with van der Waals surface area (Å²) in [5.41, 5.74) is 6.84. The number of furan rings is 1. The lowest BCUT2D eigenvalue weighted by atomic mass is 10.3. The van der Waals surface area contributed by atoms with E-state index >= 15 is 0 Å². The van der Waals surface area contributed by atoms with Crippen LogP contribution in [0.5, 0.6) is 0 Å². The zero-order valence-electron chi connectivity index (χ0n) is 12.8. The molecular weight excluding hydrogens is 280 g/mol. The van der Waals surface area contributed by atoms with Gasteiger partial charge in [0.1, 0.15) is 17.8 Å². The average molecular weight is 302 g/mol. The van der Waals surface area contributed by atoms with E-state index in [0.717, 1.165) is 44.3 Å². The summed E-state index contributed by atoms with van der Waals surface area (Å²) < 4.78 is 5.30. The highest BCUT2D eigenvalue weighted by Gasteiger charge is 2.20. The van der Waals surface area contributed by atoms with Crippen LogP contribution in [0.2, 0.25) is 0 Å². The molecule has 2 aromatic rings. The molecule has 7 nitrogen and oxygen atoms in total. The maximum atomic E-state index is 6.25. The Labute approximate surface area is 130 Å². The lowest BCUT2D eigenvalue weighted by Gasteiger charge is -2.35. The maximum absolute atomic E-state index is 6.25. The largest absolute Gasteiger partial charge is 0.467 e. The third kappa shape index (κ3) is 3.14. The minimum Gasteiger partial charge on any atom is -0.467 e. The first-order chi connectivity index (χ1) is 10.8. The van der Waals surface area contributed by atoms with Crippen molar-refractivity contribution in [3.05, 3.63) is 30.5 Å². The second-order valence-electron chi connectivity index (χ2n) is 5.31. The Morgan fingerprint density at radius 2 is 2.09 bits per heavy atom. The summed E-state index contributed by atoms with van der Waals surface area (Å²) in [6, 6.07) is 3.77. The van der Waals surface area contributed by atoms with Crippen molar-refractivity contribution < 1.29 is 4.42 Å². The van der Waals surface area contributed by atoms with Gasteiger partial charge in [-0.3, -0.25) is 0 Å². The van der Waals surface area contributed by atoms with Crippen LogP contribution in [0.15, 0.2) is 29.1 Å². The molecule has 0 amide bonds. The summed E-state index contributed by atoms with van der Waals surface area (Å²) in [4.78, 5) is 13.2. The van der Waals surface area contributed by atoms with E-state index in [2.05, 4.69) is 32.0 Å². The van der Waals surface area contributed by atoms with E-state index in [1.165, 1.54) is 0 Å². The summed E-state index contributed by atoms with van der Waals surface area (Å²) in [6.45, 7) is 7.77. The summed E-state index contributed by atoms with van der Waals surface area (Å²) in [7, 11) is 0. The number of piperazine rings is 1. The fourth-order valence-electron chi connectivity index (χ4n) is 2.64. The number of anilines is 3. The Balaban J connectivity index is 1.69. The third-order valence-corrected chi connectivity index (χ3v) is 3.99. The van der Waals surface area contributed by atoms with Crippen molar-refractivity contribution in [3.8, 4) is 0 Å². The molecule has 3 N–H and O–H groups in total. The molecule has 1 saturated heterocycles. The number of hydrogen-bond acceptors (Lipinski definition) is 7. The van der Waals surface area contributed by atoms with Crippen LogP contribution in [0, 0.1) is 0 Å². The number of nitrogens with zero attached hydrogens (tertiary/aromatic N) is 4. The predicted molar refractivity (Wildman–Crippen MR) is 86.8 cm³/mol. The number of likely N-dealkylation sites (N-methyl/N-ethyl adjacent to an activating group) is 1. The second-order valence-corrected chi connectivity index (χ2v) is 5.31. The number of hydrogen-bond donors (Lipinski definition) is 2. The van der Waals surface area contributed by atoms with Gasteiger partial charge < -0.3 is 25.3 Å². The summed E-state index contributed by atoms with van der Waals surface area (Å²) in [6.07, 6.45) is 3.21. The van der Waals surface area contributed by atoms with Crippen LogP contribution < -0.4 is 16.0 Å². The summed E-state index contributed by atoms with van der Waals surface area (Å²) >= 11 is 0. The van der Waals surface area contributed by atoms with Crippen molar-refractivity contribution in [1.29, 1.82) is 0 Å². The molecule has 7 heteroatoms. The van der Waals surface area contributed by atoms with Gasteiger partial charge in [0.25, 0.3) is 0 Å². The summed E-state index contributed by atoms with van der Waals surface area (Å²) in [5.74, 6) is 2.31. The minimum atomic E-state index is 0.553. The van der Waals surface area contributed by atoms with E-state index in [0.29, 0.717) is 18.1 Å². The van der Waals surface area contributed by atoms with E-state index in [1.807, 2.05) is 12.1 Å². The van der Waals surface area contributed by atoms with E-state index in [-0.39, 0.29) is 0 Å². The van der Waals surface area contributed by atoms with Gasteiger partial charge in [0.15, 0.2) is 11.6 Å². The van der Waals surface area contributed by atoms with Gasteiger partial charge in [0.05, 0.1) is 12.8 Å². The number of aromatic nitrogens is 2. The molecule has 0 spiro atoms. The molecule has 118 valence electrons. The normalized spacial score (nSPS) is 16.0. The van der Waals surface area contributed by atoms with Gasteiger partial charge in [-0.2, -0.15) is 0 Å². The molecule has 0 radical (unpaired) electrons. The standard InChI is InChI=1S/C15H22N6O/c1-2-20-5-7-21(8-6-20)15-13(16)14(18-11-19-15)17-10-12-4-3-9-22-12/h3-4,9,11H,2,5-8,10,16H2,1H3,(H,17,18,19). The fraction of sp³-hybridized carbons (Fsp3) is 0.467. The molecule has 0 atom stereocenters. The number of nitrogen functional groups attached to an aromatic ring is 1. The Bertz CT molecular complexity index is 592. The molecule has 2 aromatic heterocycles. The van der Waals surface area contributed by atoms with Crippen molar-refractivity contribution in [2.24, 2.45) is 0 Å². The van der Waals surface area contributed by atoms with Crippen LogP contribution in [0.4, 0.5) is 17.3 Å². The lowest BCUT2D eigenvalue weighted by molar-refractivity contribution is 0.270. The second kappa shape index (κ2) is 6.65. The molecule has 0 unspecified atom stereocenters. The van der Waals surface area contributed by atoms with E-state index < -0.39 is 0 Å². The van der Waals surface area contributed by atoms with Crippen LogP contribution >= 0.6 is 0 Å². The van der Waals surface area contributed by atoms with E-state index in [9.17, 15) is 0 Å².